The molecule has 0 bridgehead atoms. The van der Waals surface area contributed by atoms with Crippen LogP contribution in [0.25, 0.3) is 4.48 Å². The first-order valence-corrected chi connectivity index (χ1v) is 11.6. The molecule has 1 amide bonds. The smallest absolute Gasteiger partial charge is 0.410 e. The number of hydrogen-bond acceptors (Lipinski definition) is 3. The molecular formula is C26H35BrN2O2. The predicted molar refractivity (Wildman–Crippen MR) is 134 cm³/mol. The lowest BCUT2D eigenvalue weighted by Crippen LogP contribution is -2.50. The molecule has 168 valence electrons. The summed E-state index contributed by atoms with van der Waals surface area (Å²) in [5, 5.41) is 0. The normalized spacial score (nSPS) is 19.4. The zero-order valence-electron chi connectivity index (χ0n) is 19.4. The van der Waals surface area contributed by atoms with Crippen molar-refractivity contribution in [3.05, 3.63) is 77.9 Å². The third-order valence-corrected chi connectivity index (χ3v) is 5.76. The third kappa shape index (κ3) is 7.22. The molecule has 1 aromatic rings. The van der Waals surface area contributed by atoms with Gasteiger partial charge in [0.05, 0.1) is 6.04 Å². The Bertz CT molecular complexity index is 852. The number of piperazine rings is 1. The Balaban J connectivity index is 0.000000785. The van der Waals surface area contributed by atoms with Gasteiger partial charge in [0, 0.05) is 30.7 Å². The third-order valence-electron chi connectivity index (χ3n) is 5.11. The van der Waals surface area contributed by atoms with Crippen molar-refractivity contribution in [2.24, 2.45) is 0 Å². The average Bonchev–Trinajstić information content (AvgIpc) is 2.89. The minimum absolute atomic E-state index is 0.154. The van der Waals surface area contributed by atoms with Gasteiger partial charge in [-0.05, 0) is 57.4 Å². The summed E-state index contributed by atoms with van der Waals surface area (Å²) in [6.45, 7) is 16.6. The average molecular weight is 487 g/mol. The number of ether oxygens (including phenoxy) is 1. The van der Waals surface area contributed by atoms with Crippen molar-refractivity contribution in [1.29, 1.82) is 0 Å². The fraction of sp³-hybridized carbons (Fsp3) is 0.423. The van der Waals surface area contributed by atoms with Crippen LogP contribution in [-0.2, 0) is 4.74 Å². The molecule has 31 heavy (non-hydrogen) atoms. The van der Waals surface area contributed by atoms with Crippen LogP contribution in [0.4, 0.5) is 4.79 Å². The van der Waals surface area contributed by atoms with E-state index in [0.29, 0.717) is 13.1 Å². The molecule has 1 fully saturated rings. The van der Waals surface area contributed by atoms with Crippen molar-refractivity contribution in [3.63, 3.8) is 0 Å². The fourth-order valence-corrected chi connectivity index (χ4v) is 4.08. The van der Waals surface area contributed by atoms with E-state index in [4.69, 9.17) is 4.74 Å². The van der Waals surface area contributed by atoms with Crippen LogP contribution >= 0.6 is 15.9 Å². The van der Waals surface area contributed by atoms with Crippen LogP contribution in [-0.4, -0.2) is 47.7 Å². The number of benzene rings is 1. The maximum atomic E-state index is 12.3. The Hall–Kier alpha value is -2.11. The summed E-state index contributed by atoms with van der Waals surface area (Å²) in [5.74, 6) is 0. The quantitative estimate of drug-likeness (QED) is 0.434. The zero-order valence-corrected chi connectivity index (χ0v) is 21.0. The van der Waals surface area contributed by atoms with Gasteiger partial charge in [0.15, 0.2) is 0 Å². The van der Waals surface area contributed by atoms with E-state index < -0.39 is 5.60 Å². The second-order valence-corrected chi connectivity index (χ2v) is 9.42. The van der Waals surface area contributed by atoms with E-state index in [-0.39, 0.29) is 12.1 Å². The lowest BCUT2D eigenvalue weighted by atomic mass is 9.98. The standard InChI is InChI=1S/C22H27BrN2O2.C4H8/c1-5-16-14-19(23)17-8-6-7-9-18(17)20(15-16)24-10-12-25(13-11-24)21(26)27-22(2,3)4;1-3-4-2/h5-9,14-15,20H,1,10-13H2,2-4H3;3-4H,1-2H3/b;4-3-. The number of rotatable bonds is 2. The number of carbonyl (C=O) groups is 1. The van der Waals surface area contributed by atoms with Crippen molar-refractivity contribution in [1.82, 2.24) is 9.80 Å². The molecule has 1 aromatic carbocycles. The number of nitrogens with zero attached hydrogens (tertiary/aromatic N) is 2. The molecule has 0 N–H and O–H groups in total. The Labute approximate surface area is 196 Å². The van der Waals surface area contributed by atoms with E-state index in [2.05, 4.69) is 63.8 Å². The van der Waals surface area contributed by atoms with Gasteiger partial charge >= 0.3 is 6.09 Å². The summed E-state index contributed by atoms with van der Waals surface area (Å²) >= 11 is 3.71. The van der Waals surface area contributed by atoms with Crippen molar-refractivity contribution in [2.45, 2.75) is 46.3 Å². The summed E-state index contributed by atoms with van der Waals surface area (Å²) in [6, 6.07) is 8.61. The highest BCUT2D eigenvalue weighted by Crippen LogP contribution is 2.37. The van der Waals surface area contributed by atoms with E-state index >= 15 is 0 Å². The van der Waals surface area contributed by atoms with Gasteiger partial charge in [-0.25, -0.2) is 4.79 Å². The Morgan fingerprint density at radius 2 is 1.74 bits per heavy atom. The van der Waals surface area contributed by atoms with Crippen molar-refractivity contribution in [3.8, 4) is 0 Å². The van der Waals surface area contributed by atoms with Gasteiger partial charge in [-0.15, -0.1) is 0 Å². The van der Waals surface area contributed by atoms with Crippen LogP contribution in [0.15, 0.2) is 66.8 Å². The maximum Gasteiger partial charge on any atom is 0.410 e. The monoisotopic (exact) mass is 486 g/mol. The first kappa shape index (κ1) is 25.2. The fourth-order valence-electron chi connectivity index (χ4n) is 3.45. The molecule has 2 aliphatic rings. The highest BCUT2D eigenvalue weighted by molar-refractivity contribution is 9.15. The van der Waals surface area contributed by atoms with Gasteiger partial charge in [0.2, 0.25) is 0 Å². The van der Waals surface area contributed by atoms with Crippen LogP contribution in [0, 0.1) is 0 Å². The number of amides is 1. The van der Waals surface area contributed by atoms with E-state index in [1.165, 1.54) is 11.1 Å². The molecule has 1 heterocycles. The second-order valence-electron chi connectivity index (χ2n) is 8.57. The summed E-state index contributed by atoms with van der Waals surface area (Å²) in [7, 11) is 0. The molecule has 0 aromatic heterocycles. The van der Waals surface area contributed by atoms with E-state index in [1.54, 1.807) is 4.90 Å². The highest BCUT2D eigenvalue weighted by atomic mass is 79.9. The number of fused-ring (bicyclic) bond motifs is 1. The van der Waals surface area contributed by atoms with E-state index in [0.717, 1.165) is 23.1 Å². The molecule has 5 heteroatoms. The number of allylic oxidation sites excluding steroid dienone is 5. The van der Waals surface area contributed by atoms with Crippen molar-refractivity contribution >= 4 is 26.5 Å². The lowest BCUT2D eigenvalue weighted by Gasteiger charge is -2.39. The Morgan fingerprint density at radius 1 is 1.13 bits per heavy atom. The van der Waals surface area contributed by atoms with Crippen LogP contribution in [0.3, 0.4) is 0 Å². The van der Waals surface area contributed by atoms with Gasteiger partial charge in [-0.2, -0.15) is 0 Å². The molecule has 1 atom stereocenters. The number of hydrogen-bond donors (Lipinski definition) is 0. The van der Waals surface area contributed by atoms with Crippen LogP contribution in [0.5, 0.6) is 0 Å². The number of halogens is 1. The molecule has 1 unspecified atom stereocenters. The van der Waals surface area contributed by atoms with Crippen LogP contribution in [0.1, 0.15) is 51.8 Å². The van der Waals surface area contributed by atoms with Gasteiger partial charge in [0.1, 0.15) is 5.60 Å². The second kappa shape index (κ2) is 11.5. The Kier molecular flexibility index (Phi) is 9.32. The minimum atomic E-state index is -0.464. The molecule has 0 spiro atoms. The molecule has 1 aliphatic carbocycles. The zero-order chi connectivity index (χ0) is 23.0. The lowest BCUT2D eigenvalue weighted by molar-refractivity contribution is 0.0122. The molecule has 4 nitrogen and oxygen atoms in total. The molecule has 1 aliphatic heterocycles. The van der Waals surface area contributed by atoms with Crippen LogP contribution < -0.4 is 0 Å². The maximum absolute atomic E-state index is 12.3. The highest BCUT2D eigenvalue weighted by Gasteiger charge is 2.30. The van der Waals surface area contributed by atoms with Gasteiger partial charge in [-0.1, -0.05) is 71.1 Å². The largest absolute Gasteiger partial charge is 0.444 e. The molecular weight excluding hydrogens is 452 g/mol. The summed E-state index contributed by atoms with van der Waals surface area (Å²) in [4.78, 5) is 16.6. The van der Waals surface area contributed by atoms with Crippen LogP contribution in [0.2, 0.25) is 0 Å². The molecule has 3 rings (SSSR count). The van der Waals surface area contributed by atoms with Gasteiger partial charge in [0.25, 0.3) is 0 Å². The van der Waals surface area contributed by atoms with E-state index in [1.807, 2.05) is 52.8 Å². The summed E-state index contributed by atoms with van der Waals surface area (Å²) < 4.78 is 6.58. The van der Waals surface area contributed by atoms with Gasteiger partial charge in [-0.3, -0.25) is 4.90 Å². The van der Waals surface area contributed by atoms with E-state index in [9.17, 15) is 4.79 Å². The van der Waals surface area contributed by atoms with Gasteiger partial charge < -0.3 is 9.64 Å². The first-order valence-electron chi connectivity index (χ1n) is 10.8. The minimum Gasteiger partial charge on any atom is -0.444 e. The van der Waals surface area contributed by atoms with Crippen molar-refractivity contribution in [2.75, 3.05) is 26.2 Å². The Morgan fingerprint density at radius 3 is 2.29 bits per heavy atom. The SMILES string of the molecule is C/C=C\C.C=CC1=CC(N2CCN(C(=O)OC(C)(C)C)CC2)c2ccccc2C(Br)=C1. The molecule has 0 radical (unpaired) electrons. The molecule has 0 saturated carbocycles. The number of carbonyl (C=O) groups excluding carboxylic acids is 1. The first-order chi connectivity index (χ1) is 14.7. The summed E-state index contributed by atoms with van der Waals surface area (Å²) in [5.41, 5.74) is 3.10. The predicted octanol–water partition coefficient (Wildman–Crippen LogP) is 6.72. The summed E-state index contributed by atoms with van der Waals surface area (Å²) in [6.07, 6.45) is 10.0. The topological polar surface area (TPSA) is 32.8 Å². The molecule has 1 saturated heterocycles. The van der Waals surface area contributed by atoms with Crippen molar-refractivity contribution < 1.29 is 9.53 Å².